The van der Waals surface area contributed by atoms with Crippen molar-refractivity contribution in [2.75, 3.05) is 6.54 Å². The van der Waals surface area contributed by atoms with Crippen molar-refractivity contribution in [2.45, 2.75) is 33.6 Å². The molecule has 0 bridgehead atoms. The number of nitrogens with one attached hydrogen (secondary N) is 1. The van der Waals surface area contributed by atoms with Crippen LogP contribution in [0.25, 0.3) is 0 Å². The first-order valence-corrected chi connectivity index (χ1v) is 4.76. The Labute approximate surface area is 79.7 Å². The predicted molar refractivity (Wildman–Crippen MR) is 54.0 cm³/mol. The average molecular weight is 179 g/mol. The molecule has 0 aromatic carbocycles. The van der Waals surface area contributed by atoms with Crippen LogP contribution in [0.4, 0.5) is 0 Å². The molecule has 0 saturated heterocycles. The summed E-state index contributed by atoms with van der Waals surface area (Å²) in [7, 11) is 0. The molecule has 0 amide bonds. The van der Waals surface area contributed by atoms with Gasteiger partial charge in [-0.1, -0.05) is 13.8 Å². The van der Waals surface area contributed by atoms with E-state index < -0.39 is 0 Å². The molecule has 0 unspecified atom stereocenters. The van der Waals surface area contributed by atoms with Crippen LogP contribution < -0.4 is 5.32 Å². The van der Waals surface area contributed by atoms with Gasteiger partial charge in [0.2, 0.25) is 0 Å². The third-order valence-electron chi connectivity index (χ3n) is 2.22. The van der Waals surface area contributed by atoms with Crippen LogP contribution >= 0.6 is 0 Å². The molecule has 0 fully saturated rings. The highest BCUT2D eigenvalue weighted by atomic mass is 16.1. The van der Waals surface area contributed by atoms with Gasteiger partial charge in [0.25, 0.3) is 0 Å². The van der Waals surface area contributed by atoms with Gasteiger partial charge < -0.3 is 5.32 Å². The van der Waals surface area contributed by atoms with Gasteiger partial charge in [0.1, 0.15) is 5.94 Å². The van der Waals surface area contributed by atoms with Gasteiger partial charge in [-0.05, 0) is 31.3 Å². The first kappa shape index (κ1) is 10.1. The van der Waals surface area contributed by atoms with Gasteiger partial charge >= 0.3 is 0 Å². The smallest absolute Gasteiger partial charge is 0.128 e. The molecule has 2 heteroatoms. The van der Waals surface area contributed by atoms with Gasteiger partial charge in [-0.15, -0.1) is 0 Å². The standard InChI is InChI=1S/C11H17NO/c1-4-12-10-5-9(8-13)6-11(2,3)7-10/h5,12H,4,6-7H2,1-3H3. The zero-order chi connectivity index (χ0) is 9.90. The van der Waals surface area contributed by atoms with Crippen molar-refractivity contribution < 1.29 is 4.79 Å². The average Bonchev–Trinajstić information content (AvgIpc) is 2.02. The molecule has 0 radical (unpaired) electrons. The van der Waals surface area contributed by atoms with E-state index in [2.05, 4.69) is 26.1 Å². The fraction of sp³-hybridized carbons (Fsp3) is 0.636. The fourth-order valence-corrected chi connectivity index (χ4v) is 1.81. The molecule has 1 aliphatic carbocycles. The van der Waals surface area contributed by atoms with Crippen LogP contribution in [-0.2, 0) is 4.79 Å². The van der Waals surface area contributed by atoms with Crippen LogP contribution in [0.3, 0.4) is 0 Å². The second kappa shape index (κ2) is 3.80. The van der Waals surface area contributed by atoms with Gasteiger partial charge in [0.05, 0.1) is 0 Å². The van der Waals surface area contributed by atoms with Gasteiger partial charge in [-0.2, -0.15) is 0 Å². The molecule has 2 nitrogen and oxygen atoms in total. The summed E-state index contributed by atoms with van der Waals surface area (Å²) in [5.74, 6) is 2.00. The molecule has 1 rings (SSSR count). The normalized spacial score (nSPS) is 20.5. The predicted octanol–water partition coefficient (Wildman–Crippen LogP) is 2.06. The summed E-state index contributed by atoms with van der Waals surface area (Å²) in [5, 5.41) is 3.27. The molecule has 0 spiro atoms. The maximum atomic E-state index is 10.6. The third kappa shape index (κ3) is 2.74. The molecule has 0 atom stereocenters. The van der Waals surface area contributed by atoms with E-state index in [0.29, 0.717) is 0 Å². The van der Waals surface area contributed by atoms with E-state index in [1.54, 1.807) is 0 Å². The Morgan fingerprint density at radius 1 is 1.54 bits per heavy atom. The van der Waals surface area contributed by atoms with E-state index in [4.69, 9.17) is 0 Å². The van der Waals surface area contributed by atoms with Crippen molar-refractivity contribution in [2.24, 2.45) is 5.41 Å². The topological polar surface area (TPSA) is 29.1 Å². The van der Waals surface area contributed by atoms with Gasteiger partial charge in [-0.25, -0.2) is 4.79 Å². The number of allylic oxidation sites excluding steroid dienone is 3. The van der Waals surface area contributed by atoms with E-state index in [1.807, 2.05) is 12.0 Å². The molecule has 0 saturated carbocycles. The van der Waals surface area contributed by atoms with E-state index in [9.17, 15) is 4.79 Å². The lowest BCUT2D eigenvalue weighted by Gasteiger charge is -2.30. The van der Waals surface area contributed by atoms with Crippen molar-refractivity contribution in [3.8, 4) is 0 Å². The molecular weight excluding hydrogens is 162 g/mol. The SMILES string of the molecule is CCNC1=CC(=C=O)CC(C)(C)C1. The van der Waals surface area contributed by atoms with Crippen molar-refractivity contribution in [1.29, 1.82) is 0 Å². The summed E-state index contributed by atoms with van der Waals surface area (Å²) in [6, 6.07) is 0. The van der Waals surface area contributed by atoms with Crippen molar-refractivity contribution in [3.05, 3.63) is 17.3 Å². The highest BCUT2D eigenvalue weighted by Crippen LogP contribution is 2.35. The largest absolute Gasteiger partial charge is 0.389 e. The highest BCUT2D eigenvalue weighted by Gasteiger charge is 2.25. The summed E-state index contributed by atoms with van der Waals surface area (Å²) < 4.78 is 0. The number of rotatable bonds is 2. The molecular formula is C11H17NO. The zero-order valence-electron chi connectivity index (χ0n) is 8.61. The molecule has 0 heterocycles. The monoisotopic (exact) mass is 179 g/mol. The summed E-state index contributed by atoms with van der Waals surface area (Å²) in [6.45, 7) is 7.32. The van der Waals surface area contributed by atoms with Crippen molar-refractivity contribution in [3.63, 3.8) is 0 Å². The Morgan fingerprint density at radius 3 is 2.77 bits per heavy atom. The van der Waals surface area contributed by atoms with Crippen LogP contribution in [0.2, 0.25) is 0 Å². The fourth-order valence-electron chi connectivity index (χ4n) is 1.81. The van der Waals surface area contributed by atoms with E-state index >= 15 is 0 Å². The lowest BCUT2D eigenvalue weighted by Crippen LogP contribution is -2.24. The number of hydrogen-bond donors (Lipinski definition) is 1. The first-order valence-electron chi connectivity index (χ1n) is 4.76. The number of carbonyl (C=O) groups excluding carboxylic acids is 1. The Bertz CT molecular complexity index is 270. The summed E-state index contributed by atoms with van der Waals surface area (Å²) in [5.41, 5.74) is 2.14. The molecule has 1 N–H and O–H groups in total. The van der Waals surface area contributed by atoms with Crippen LogP contribution in [0.5, 0.6) is 0 Å². The second-order valence-corrected chi connectivity index (χ2v) is 4.34. The van der Waals surface area contributed by atoms with Crippen LogP contribution in [0.15, 0.2) is 17.3 Å². The summed E-state index contributed by atoms with van der Waals surface area (Å²) >= 11 is 0. The maximum absolute atomic E-state index is 10.6. The third-order valence-corrected chi connectivity index (χ3v) is 2.22. The van der Waals surface area contributed by atoms with Crippen molar-refractivity contribution in [1.82, 2.24) is 5.32 Å². The second-order valence-electron chi connectivity index (χ2n) is 4.34. The van der Waals surface area contributed by atoms with E-state index in [-0.39, 0.29) is 5.41 Å². The van der Waals surface area contributed by atoms with Crippen LogP contribution in [0, 0.1) is 5.41 Å². The Kier molecular flexibility index (Phi) is 2.94. The van der Waals surface area contributed by atoms with Gasteiger partial charge in [-0.3, -0.25) is 0 Å². The molecule has 13 heavy (non-hydrogen) atoms. The Morgan fingerprint density at radius 2 is 2.23 bits per heavy atom. The van der Waals surface area contributed by atoms with Gasteiger partial charge in [0, 0.05) is 17.8 Å². The van der Waals surface area contributed by atoms with E-state index in [1.165, 1.54) is 0 Å². The van der Waals surface area contributed by atoms with Gasteiger partial charge in [0.15, 0.2) is 0 Å². The summed E-state index contributed by atoms with van der Waals surface area (Å²) in [6.07, 6.45) is 3.79. The Hall–Kier alpha value is -1.01. The van der Waals surface area contributed by atoms with Crippen molar-refractivity contribution >= 4 is 5.94 Å². The van der Waals surface area contributed by atoms with E-state index in [0.717, 1.165) is 30.7 Å². The molecule has 72 valence electrons. The Balaban J connectivity index is 2.85. The lowest BCUT2D eigenvalue weighted by molar-refractivity contribution is 0.343. The minimum atomic E-state index is 0.193. The minimum absolute atomic E-state index is 0.193. The lowest BCUT2D eigenvalue weighted by atomic mass is 9.77. The molecule has 0 aromatic rings. The minimum Gasteiger partial charge on any atom is -0.389 e. The molecule has 0 aromatic heterocycles. The van der Waals surface area contributed by atoms with Crippen LogP contribution in [-0.4, -0.2) is 12.5 Å². The maximum Gasteiger partial charge on any atom is 0.128 e. The molecule has 1 aliphatic rings. The quantitative estimate of drug-likeness (QED) is 0.657. The highest BCUT2D eigenvalue weighted by molar-refractivity contribution is 5.58. The summed E-state index contributed by atoms with van der Waals surface area (Å²) in [4.78, 5) is 10.6. The zero-order valence-corrected chi connectivity index (χ0v) is 8.61. The first-order chi connectivity index (χ1) is 6.07. The molecule has 0 aliphatic heterocycles. The number of hydrogen-bond acceptors (Lipinski definition) is 2. The van der Waals surface area contributed by atoms with Crippen LogP contribution in [0.1, 0.15) is 33.6 Å².